The molecule has 7 heteroatoms. The lowest BCUT2D eigenvalue weighted by Crippen LogP contribution is -2.31. The van der Waals surface area contributed by atoms with Crippen LogP contribution >= 0.6 is 0 Å². The van der Waals surface area contributed by atoms with Crippen molar-refractivity contribution in [1.82, 2.24) is 9.62 Å². The summed E-state index contributed by atoms with van der Waals surface area (Å²) in [5.74, 6) is 0.644. The lowest BCUT2D eigenvalue weighted by Gasteiger charge is -2.21. The van der Waals surface area contributed by atoms with E-state index in [1.165, 1.54) is 18.4 Å². The Labute approximate surface area is 136 Å². The molecule has 2 aliphatic heterocycles. The standard InChI is InChI=1S/C16H23FN2O3S/c1-23(20,21)19-7-6-12(11-19)10-18-15-3-2-8-22-16-9-13(17)4-5-14(15)16/h4-5,9,12,15,18H,2-3,6-8,10-11H2,1H3/t12-,15+/m1/s1. The third-order valence-corrected chi connectivity index (χ3v) is 5.89. The Morgan fingerprint density at radius 1 is 1.39 bits per heavy atom. The first-order valence-electron chi connectivity index (χ1n) is 8.04. The molecule has 2 aliphatic rings. The fourth-order valence-electron chi connectivity index (χ4n) is 3.33. The van der Waals surface area contributed by atoms with E-state index in [9.17, 15) is 12.8 Å². The molecule has 0 amide bonds. The monoisotopic (exact) mass is 342 g/mol. The number of fused-ring (bicyclic) bond motifs is 1. The molecule has 128 valence electrons. The van der Waals surface area contributed by atoms with Gasteiger partial charge < -0.3 is 10.1 Å². The van der Waals surface area contributed by atoms with Crippen LogP contribution in [0.4, 0.5) is 4.39 Å². The highest BCUT2D eigenvalue weighted by molar-refractivity contribution is 7.88. The smallest absolute Gasteiger partial charge is 0.211 e. The van der Waals surface area contributed by atoms with E-state index in [0.29, 0.717) is 31.4 Å². The number of benzene rings is 1. The molecule has 1 N–H and O–H groups in total. The maximum absolute atomic E-state index is 13.4. The van der Waals surface area contributed by atoms with Crippen LogP contribution in [-0.4, -0.2) is 45.2 Å². The zero-order valence-corrected chi connectivity index (χ0v) is 14.1. The molecule has 0 spiro atoms. The fraction of sp³-hybridized carbons (Fsp3) is 0.625. The number of nitrogens with zero attached hydrogens (tertiary/aromatic N) is 1. The van der Waals surface area contributed by atoms with Crippen LogP contribution in [0.1, 0.15) is 30.9 Å². The number of ether oxygens (including phenoxy) is 1. The summed E-state index contributed by atoms with van der Waals surface area (Å²) in [6.07, 6.45) is 3.98. The lowest BCUT2D eigenvalue weighted by atomic mass is 10.0. The topological polar surface area (TPSA) is 58.6 Å². The first-order chi connectivity index (χ1) is 10.9. The minimum atomic E-state index is -3.09. The summed E-state index contributed by atoms with van der Waals surface area (Å²) in [7, 11) is -3.09. The maximum atomic E-state index is 13.4. The minimum Gasteiger partial charge on any atom is -0.493 e. The van der Waals surface area contributed by atoms with Crippen LogP contribution in [0.3, 0.4) is 0 Å². The summed E-state index contributed by atoms with van der Waals surface area (Å²) >= 11 is 0. The Morgan fingerprint density at radius 2 is 2.22 bits per heavy atom. The molecule has 2 atom stereocenters. The molecule has 5 nitrogen and oxygen atoms in total. The van der Waals surface area contributed by atoms with E-state index in [1.807, 2.05) is 0 Å². The van der Waals surface area contributed by atoms with Crippen molar-refractivity contribution >= 4 is 10.0 Å². The zero-order valence-electron chi connectivity index (χ0n) is 13.3. The molecular weight excluding hydrogens is 319 g/mol. The van der Waals surface area contributed by atoms with E-state index in [4.69, 9.17) is 4.74 Å². The highest BCUT2D eigenvalue weighted by Crippen LogP contribution is 2.32. The van der Waals surface area contributed by atoms with E-state index in [2.05, 4.69) is 5.32 Å². The highest BCUT2D eigenvalue weighted by atomic mass is 32.2. The number of hydrogen-bond acceptors (Lipinski definition) is 4. The Balaban J connectivity index is 1.63. The van der Waals surface area contributed by atoms with Crippen molar-refractivity contribution < 1.29 is 17.5 Å². The van der Waals surface area contributed by atoms with Crippen LogP contribution in [0, 0.1) is 11.7 Å². The van der Waals surface area contributed by atoms with Crippen molar-refractivity contribution in [3.05, 3.63) is 29.6 Å². The predicted octanol–water partition coefficient (Wildman–Crippen LogP) is 1.91. The van der Waals surface area contributed by atoms with Crippen molar-refractivity contribution in [3.63, 3.8) is 0 Å². The van der Waals surface area contributed by atoms with Gasteiger partial charge in [0, 0.05) is 30.8 Å². The molecule has 0 saturated carbocycles. The van der Waals surface area contributed by atoms with Crippen molar-refractivity contribution in [2.75, 3.05) is 32.5 Å². The first kappa shape index (κ1) is 16.7. The van der Waals surface area contributed by atoms with Gasteiger partial charge in [0.25, 0.3) is 0 Å². The minimum absolute atomic E-state index is 0.125. The first-order valence-corrected chi connectivity index (χ1v) is 9.89. The van der Waals surface area contributed by atoms with Crippen LogP contribution in [-0.2, 0) is 10.0 Å². The van der Waals surface area contributed by atoms with Crippen molar-refractivity contribution in [2.45, 2.75) is 25.3 Å². The van der Waals surface area contributed by atoms with E-state index in [-0.39, 0.29) is 11.9 Å². The van der Waals surface area contributed by atoms with Gasteiger partial charge in [0.15, 0.2) is 0 Å². The van der Waals surface area contributed by atoms with Crippen molar-refractivity contribution in [1.29, 1.82) is 0 Å². The van der Waals surface area contributed by atoms with Gasteiger partial charge in [-0.1, -0.05) is 6.07 Å². The van der Waals surface area contributed by atoms with Gasteiger partial charge in [-0.05, 0) is 37.8 Å². The Hall–Kier alpha value is -1.18. The third-order valence-electron chi connectivity index (χ3n) is 4.62. The molecule has 0 bridgehead atoms. The van der Waals surface area contributed by atoms with E-state index >= 15 is 0 Å². The quantitative estimate of drug-likeness (QED) is 0.908. The fourth-order valence-corrected chi connectivity index (χ4v) is 4.25. The molecule has 1 saturated heterocycles. The average Bonchev–Trinajstić information content (AvgIpc) is 2.88. The summed E-state index contributed by atoms with van der Waals surface area (Å²) in [5.41, 5.74) is 0.988. The van der Waals surface area contributed by atoms with Crippen LogP contribution in [0.2, 0.25) is 0 Å². The van der Waals surface area contributed by atoms with Gasteiger partial charge in [-0.25, -0.2) is 17.1 Å². The second-order valence-electron chi connectivity index (χ2n) is 6.41. The Kier molecular flexibility index (Phi) is 4.89. The Bertz CT molecular complexity index is 665. The summed E-state index contributed by atoms with van der Waals surface area (Å²) in [6.45, 7) is 2.53. The van der Waals surface area contributed by atoms with Gasteiger partial charge in [-0.3, -0.25) is 0 Å². The molecule has 1 aromatic rings. The van der Waals surface area contributed by atoms with Crippen LogP contribution in [0.5, 0.6) is 5.75 Å². The normalized spacial score (nSPS) is 25.7. The van der Waals surface area contributed by atoms with Crippen molar-refractivity contribution in [2.24, 2.45) is 5.92 Å². The summed E-state index contributed by atoms with van der Waals surface area (Å²) in [4.78, 5) is 0. The molecule has 0 aromatic heterocycles. The van der Waals surface area contributed by atoms with Crippen LogP contribution in [0.15, 0.2) is 18.2 Å². The molecule has 2 heterocycles. The molecule has 3 rings (SSSR count). The number of nitrogens with one attached hydrogen (secondary N) is 1. The number of rotatable bonds is 4. The summed E-state index contributed by atoms with van der Waals surface area (Å²) in [5, 5.41) is 3.53. The third kappa shape index (κ3) is 4.02. The van der Waals surface area contributed by atoms with Gasteiger partial charge in [0.2, 0.25) is 10.0 Å². The van der Waals surface area contributed by atoms with Gasteiger partial charge in [-0.2, -0.15) is 0 Å². The molecule has 1 fully saturated rings. The lowest BCUT2D eigenvalue weighted by molar-refractivity contribution is 0.313. The molecule has 0 unspecified atom stereocenters. The van der Waals surface area contributed by atoms with E-state index in [0.717, 1.165) is 31.4 Å². The number of halogens is 1. The molecule has 0 aliphatic carbocycles. The van der Waals surface area contributed by atoms with E-state index in [1.54, 1.807) is 10.4 Å². The SMILES string of the molecule is CS(=O)(=O)N1CC[C@H](CN[C@H]2CCCOc3cc(F)ccc32)C1. The van der Waals surface area contributed by atoms with Crippen molar-refractivity contribution in [3.8, 4) is 5.75 Å². The molecule has 0 radical (unpaired) electrons. The van der Waals surface area contributed by atoms with Crippen LogP contribution in [0.25, 0.3) is 0 Å². The van der Waals surface area contributed by atoms with E-state index < -0.39 is 10.0 Å². The van der Waals surface area contributed by atoms with Gasteiger partial charge in [0.1, 0.15) is 11.6 Å². The van der Waals surface area contributed by atoms with Gasteiger partial charge >= 0.3 is 0 Å². The molecule has 23 heavy (non-hydrogen) atoms. The highest BCUT2D eigenvalue weighted by Gasteiger charge is 2.29. The van der Waals surface area contributed by atoms with Crippen LogP contribution < -0.4 is 10.1 Å². The molecule has 1 aromatic carbocycles. The number of sulfonamides is 1. The second-order valence-corrected chi connectivity index (χ2v) is 8.39. The van der Waals surface area contributed by atoms with Gasteiger partial charge in [0.05, 0.1) is 12.9 Å². The molecular formula is C16H23FN2O3S. The summed E-state index contributed by atoms with van der Waals surface area (Å²) in [6, 6.07) is 4.81. The van der Waals surface area contributed by atoms with Gasteiger partial charge in [-0.15, -0.1) is 0 Å². The summed E-state index contributed by atoms with van der Waals surface area (Å²) < 4.78 is 43.7. The average molecular weight is 342 g/mol. The number of hydrogen-bond donors (Lipinski definition) is 1. The Morgan fingerprint density at radius 3 is 2.96 bits per heavy atom. The zero-order chi connectivity index (χ0) is 16.4. The largest absolute Gasteiger partial charge is 0.493 e. The predicted molar refractivity (Wildman–Crippen MR) is 86.4 cm³/mol. The maximum Gasteiger partial charge on any atom is 0.211 e. The second kappa shape index (κ2) is 6.75.